The van der Waals surface area contributed by atoms with Gasteiger partial charge in [0, 0.05) is 0 Å². The Morgan fingerprint density at radius 1 is 1.04 bits per heavy atom. The molecule has 2 bridgehead atoms. The first-order valence-electron chi connectivity index (χ1n) is 10.5. The van der Waals surface area contributed by atoms with E-state index >= 15 is 0 Å². The van der Waals surface area contributed by atoms with Crippen molar-refractivity contribution < 1.29 is 19.7 Å². The molecular weight excluding hydrogens is 328 g/mol. The van der Waals surface area contributed by atoms with Crippen LogP contribution in [0.2, 0.25) is 0 Å². The molecule has 1 saturated carbocycles. The number of carbonyl (C=O) groups is 1. The Kier molecular flexibility index (Phi) is 7.32. The van der Waals surface area contributed by atoms with Crippen LogP contribution in [0.25, 0.3) is 0 Å². The summed E-state index contributed by atoms with van der Waals surface area (Å²) in [5.74, 6) is 1.07. The fourth-order valence-corrected chi connectivity index (χ4v) is 5.29. The molecule has 0 aromatic heterocycles. The van der Waals surface area contributed by atoms with Crippen LogP contribution >= 0.6 is 0 Å². The van der Waals surface area contributed by atoms with Crippen LogP contribution in [0.15, 0.2) is 24.3 Å². The third-order valence-corrected chi connectivity index (χ3v) is 6.59. The van der Waals surface area contributed by atoms with Crippen molar-refractivity contribution in [2.75, 3.05) is 0 Å². The van der Waals surface area contributed by atoms with Crippen molar-refractivity contribution in [1.29, 1.82) is 0 Å². The zero-order valence-corrected chi connectivity index (χ0v) is 15.8. The van der Waals surface area contributed by atoms with Crippen LogP contribution in [0, 0.1) is 17.8 Å². The fourth-order valence-electron chi connectivity index (χ4n) is 5.29. The van der Waals surface area contributed by atoms with Crippen molar-refractivity contribution >= 4 is 5.97 Å². The number of hydrogen-bond donors (Lipinski definition) is 2. The highest BCUT2D eigenvalue weighted by molar-refractivity contribution is 5.68. The van der Waals surface area contributed by atoms with Gasteiger partial charge in [0.15, 0.2) is 0 Å². The molecule has 4 nitrogen and oxygen atoms in total. The van der Waals surface area contributed by atoms with Crippen LogP contribution in [0.5, 0.6) is 0 Å². The molecule has 1 aliphatic carbocycles. The summed E-state index contributed by atoms with van der Waals surface area (Å²) in [4.78, 5) is 10.5. The molecule has 2 aliphatic heterocycles. The second-order valence-electron chi connectivity index (χ2n) is 8.43. The maximum absolute atomic E-state index is 10.5. The van der Waals surface area contributed by atoms with E-state index < -0.39 is 5.97 Å². The van der Waals surface area contributed by atoms with Gasteiger partial charge in [0.1, 0.15) is 0 Å². The standard InChI is InChI=1S/C22H34O4/c23-17(15-16-7-5-6-8-16)11-12-19-18(20-13-14-21(19)26-20)9-3-1-2-4-10-22(24)25/h1-4,16-21,23H,5-15H2,(H,24,25)/b3-1-,4-2?/t17?,18-,19+,20-,21+/m0/s1. The molecule has 3 rings (SSSR count). The predicted molar refractivity (Wildman–Crippen MR) is 102 cm³/mol. The van der Waals surface area contributed by atoms with Crippen LogP contribution in [-0.4, -0.2) is 34.5 Å². The van der Waals surface area contributed by atoms with Crippen molar-refractivity contribution in [2.24, 2.45) is 17.8 Å². The monoisotopic (exact) mass is 362 g/mol. The number of rotatable bonds is 10. The van der Waals surface area contributed by atoms with Gasteiger partial charge >= 0.3 is 5.97 Å². The average Bonchev–Trinajstić information content (AvgIpc) is 3.33. The molecule has 0 radical (unpaired) electrons. The highest BCUT2D eigenvalue weighted by Crippen LogP contribution is 2.47. The normalized spacial score (nSPS) is 33.0. The lowest BCUT2D eigenvalue weighted by Crippen LogP contribution is -2.28. The number of carboxylic acid groups (broad SMARTS) is 1. The minimum atomic E-state index is -0.799. The highest BCUT2D eigenvalue weighted by Gasteiger charge is 2.47. The molecule has 0 amide bonds. The van der Waals surface area contributed by atoms with Gasteiger partial charge in [-0.2, -0.15) is 0 Å². The maximum atomic E-state index is 10.5. The molecule has 146 valence electrons. The SMILES string of the molecule is O=C(O)CC=C/C=C\C[C@H]1[C@@H](CCC(O)CC2CCCC2)[C@H]2CC[C@@H]1O2. The Hall–Kier alpha value is -1.13. The quantitative estimate of drug-likeness (QED) is 0.562. The van der Waals surface area contributed by atoms with Crippen molar-refractivity contribution in [3.63, 3.8) is 0 Å². The summed E-state index contributed by atoms with van der Waals surface area (Å²) in [5, 5.41) is 19.1. The van der Waals surface area contributed by atoms with Crippen LogP contribution in [0.4, 0.5) is 0 Å². The lowest BCUT2D eigenvalue weighted by Gasteiger charge is -2.28. The van der Waals surface area contributed by atoms with E-state index in [1.807, 2.05) is 12.2 Å². The van der Waals surface area contributed by atoms with Gasteiger partial charge in [-0.25, -0.2) is 0 Å². The first-order chi connectivity index (χ1) is 12.6. The van der Waals surface area contributed by atoms with Crippen molar-refractivity contribution in [3.8, 4) is 0 Å². The van der Waals surface area contributed by atoms with E-state index in [1.54, 1.807) is 6.08 Å². The van der Waals surface area contributed by atoms with Gasteiger partial charge in [-0.15, -0.1) is 0 Å². The molecule has 4 heteroatoms. The van der Waals surface area contributed by atoms with E-state index in [0.29, 0.717) is 24.0 Å². The summed E-state index contributed by atoms with van der Waals surface area (Å²) in [6.07, 6.45) is 19.9. The second kappa shape index (κ2) is 9.70. The third kappa shape index (κ3) is 5.43. The summed E-state index contributed by atoms with van der Waals surface area (Å²) in [6, 6.07) is 0. The molecule has 2 N–H and O–H groups in total. The number of fused-ring (bicyclic) bond motifs is 2. The largest absolute Gasteiger partial charge is 0.481 e. The molecule has 2 saturated heterocycles. The van der Waals surface area contributed by atoms with Crippen molar-refractivity contribution in [1.82, 2.24) is 0 Å². The van der Waals surface area contributed by atoms with E-state index in [4.69, 9.17) is 9.84 Å². The molecule has 5 atom stereocenters. The van der Waals surface area contributed by atoms with E-state index in [9.17, 15) is 9.90 Å². The van der Waals surface area contributed by atoms with Crippen molar-refractivity contribution in [2.45, 2.75) is 88.9 Å². The number of aliphatic hydroxyl groups is 1. The third-order valence-electron chi connectivity index (χ3n) is 6.59. The van der Waals surface area contributed by atoms with Crippen molar-refractivity contribution in [3.05, 3.63) is 24.3 Å². The average molecular weight is 363 g/mol. The second-order valence-corrected chi connectivity index (χ2v) is 8.43. The van der Waals surface area contributed by atoms with E-state index in [0.717, 1.165) is 31.6 Å². The molecule has 1 unspecified atom stereocenters. The number of aliphatic hydroxyl groups excluding tert-OH is 1. The van der Waals surface area contributed by atoms with Crippen LogP contribution in [0.3, 0.4) is 0 Å². The van der Waals surface area contributed by atoms with Gasteiger partial charge < -0.3 is 14.9 Å². The zero-order valence-electron chi connectivity index (χ0n) is 15.8. The van der Waals surface area contributed by atoms with E-state index in [-0.39, 0.29) is 12.5 Å². The summed E-state index contributed by atoms with van der Waals surface area (Å²) in [6.45, 7) is 0. The number of aliphatic carboxylic acids is 1. The van der Waals surface area contributed by atoms with Gasteiger partial charge in [0.05, 0.1) is 24.7 Å². The summed E-state index contributed by atoms with van der Waals surface area (Å²) < 4.78 is 6.16. The maximum Gasteiger partial charge on any atom is 0.307 e. The zero-order chi connectivity index (χ0) is 18.4. The minimum Gasteiger partial charge on any atom is -0.481 e. The molecule has 3 aliphatic rings. The van der Waals surface area contributed by atoms with Crippen LogP contribution < -0.4 is 0 Å². The highest BCUT2D eigenvalue weighted by atomic mass is 16.5. The molecule has 3 fully saturated rings. The Labute approximate surface area is 157 Å². The number of allylic oxidation sites excluding steroid dienone is 3. The number of hydrogen-bond acceptors (Lipinski definition) is 3. The molecule has 2 heterocycles. The lowest BCUT2D eigenvalue weighted by atomic mass is 9.74. The molecule has 0 spiro atoms. The Morgan fingerprint density at radius 2 is 1.73 bits per heavy atom. The molecule has 0 aromatic rings. The Morgan fingerprint density at radius 3 is 2.46 bits per heavy atom. The lowest BCUT2D eigenvalue weighted by molar-refractivity contribution is -0.136. The van der Waals surface area contributed by atoms with E-state index in [1.165, 1.54) is 38.5 Å². The molecule has 26 heavy (non-hydrogen) atoms. The Balaban J connectivity index is 1.43. The van der Waals surface area contributed by atoms with Crippen LogP contribution in [-0.2, 0) is 9.53 Å². The smallest absolute Gasteiger partial charge is 0.307 e. The van der Waals surface area contributed by atoms with Crippen LogP contribution in [0.1, 0.15) is 70.6 Å². The number of carboxylic acids is 1. The summed E-state index contributed by atoms with van der Waals surface area (Å²) in [5.41, 5.74) is 0. The number of ether oxygens (including phenoxy) is 1. The van der Waals surface area contributed by atoms with Gasteiger partial charge in [0.2, 0.25) is 0 Å². The van der Waals surface area contributed by atoms with Gasteiger partial charge in [-0.3, -0.25) is 4.79 Å². The topological polar surface area (TPSA) is 66.8 Å². The van der Waals surface area contributed by atoms with Gasteiger partial charge in [0.25, 0.3) is 0 Å². The first kappa shape index (κ1) is 19.6. The Bertz CT molecular complexity index is 506. The van der Waals surface area contributed by atoms with E-state index in [2.05, 4.69) is 6.08 Å². The molecule has 0 aromatic carbocycles. The van der Waals surface area contributed by atoms with Gasteiger partial charge in [-0.1, -0.05) is 50.0 Å². The minimum absolute atomic E-state index is 0.0725. The predicted octanol–water partition coefficient (Wildman–Crippen LogP) is 4.48. The summed E-state index contributed by atoms with van der Waals surface area (Å²) >= 11 is 0. The fraction of sp³-hybridized carbons (Fsp3) is 0.773. The molecular formula is C22H34O4. The van der Waals surface area contributed by atoms with Gasteiger partial charge in [-0.05, 0) is 56.3 Å². The first-order valence-corrected chi connectivity index (χ1v) is 10.5. The summed E-state index contributed by atoms with van der Waals surface area (Å²) in [7, 11) is 0.